The summed E-state index contributed by atoms with van der Waals surface area (Å²) in [7, 11) is 0. The first-order chi connectivity index (χ1) is 8.47. The lowest BCUT2D eigenvalue weighted by Crippen LogP contribution is -2.37. The Morgan fingerprint density at radius 3 is 2.61 bits per heavy atom. The maximum atomic E-state index is 12.4. The van der Waals surface area contributed by atoms with Crippen LogP contribution in [-0.2, 0) is 0 Å². The summed E-state index contributed by atoms with van der Waals surface area (Å²) in [5.41, 5.74) is 1.65. The van der Waals surface area contributed by atoms with Crippen molar-refractivity contribution in [3.8, 4) is 0 Å². The Labute approximate surface area is 122 Å². The van der Waals surface area contributed by atoms with E-state index < -0.39 is 0 Å². The van der Waals surface area contributed by atoms with Gasteiger partial charge >= 0.3 is 0 Å². The van der Waals surface area contributed by atoms with E-state index in [0.717, 1.165) is 23.9 Å². The zero-order valence-corrected chi connectivity index (χ0v) is 13.4. The smallest absolute Gasteiger partial charge is 0.254 e. The highest BCUT2D eigenvalue weighted by molar-refractivity contribution is 9.09. The molecule has 0 aliphatic carbocycles. The first-order valence-corrected chi connectivity index (χ1v) is 7.60. The minimum Gasteiger partial charge on any atom is -0.336 e. The second-order valence-corrected chi connectivity index (χ2v) is 5.80. The number of hydrogen-bond donors (Lipinski definition) is 0. The second kappa shape index (κ2) is 7.15. The third-order valence-corrected chi connectivity index (χ3v) is 3.80. The van der Waals surface area contributed by atoms with E-state index in [9.17, 15) is 4.79 Å². The molecular weight excluding hydrogens is 314 g/mol. The molecule has 0 N–H and O–H groups in total. The van der Waals surface area contributed by atoms with E-state index in [-0.39, 0.29) is 11.9 Å². The molecule has 0 aliphatic rings. The first kappa shape index (κ1) is 15.5. The predicted octanol–water partition coefficient (Wildman–Crippen LogP) is 4.28. The summed E-state index contributed by atoms with van der Waals surface area (Å²) in [5.74, 6) is 0.0489. The third kappa shape index (κ3) is 3.99. The largest absolute Gasteiger partial charge is 0.336 e. The molecule has 1 aromatic carbocycles. The lowest BCUT2D eigenvalue weighted by molar-refractivity contribution is 0.0706. The maximum absolute atomic E-state index is 12.4. The van der Waals surface area contributed by atoms with Crippen LogP contribution in [0, 0.1) is 6.92 Å². The van der Waals surface area contributed by atoms with Crippen molar-refractivity contribution in [1.29, 1.82) is 0 Å². The van der Waals surface area contributed by atoms with Crippen LogP contribution in [-0.4, -0.2) is 28.7 Å². The number of nitrogens with zero attached hydrogens (tertiary/aromatic N) is 1. The Bertz CT molecular complexity index is 420. The summed E-state index contributed by atoms with van der Waals surface area (Å²) in [5, 5.41) is 1.54. The number of amides is 1. The molecule has 0 aromatic heterocycles. The molecule has 0 saturated heterocycles. The van der Waals surface area contributed by atoms with E-state index >= 15 is 0 Å². The molecule has 0 aliphatic heterocycles. The van der Waals surface area contributed by atoms with E-state index in [1.807, 2.05) is 37.8 Å². The van der Waals surface area contributed by atoms with Crippen LogP contribution in [0.3, 0.4) is 0 Å². The van der Waals surface area contributed by atoms with Crippen LogP contribution in [0.25, 0.3) is 0 Å². The second-order valence-electron chi connectivity index (χ2n) is 4.60. The zero-order chi connectivity index (χ0) is 13.7. The van der Waals surface area contributed by atoms with Gasteiger partial charge in [-0.2, -0.15) is 0 Å². The van der Waals surface area contributed by atoms with Crippen LogP contribution < -0.4 is 0 Å². The molecule has 0 saturated carbocycles. The van der Waals surface area contributed by atoms with E-state index in [2.05, 4.69) is 15.9 Å². The van der Waals surface area contributed by atoms with E-state index in [0.29, 0.717) is 10.6 Å². The maximum Gasteiger partial charge on any atom is 0.254 e. The summed E-state index contributed by atoms with van der Waals surface area (Å²) in [6.45, 7) is 6.75. The van der Waals surface area contributed by atoms with E-state index in [1.54, 1.807) is 6.07 Å². The fourth-order valence-electron chi connectivity index (χ4n) is 1.72. The van der Waals surface area contributed by atoms with Crippen LogP contribution in [0.4, 0.5) is 0 Å². The van der Waals surface area contributed by atoms with Gasteiger partial charge in [0, 0.05) is 28.5 Å². The molecule has 0 bridgehead atoms. The van der Waals surface area contributed by atoms with Crippen molar-refractivity contribution in [1.82, 2.24) is 4.90 Å². The lowest BCUT2D eigenvalue weighted by Gasteiger charge is -2.26. The Kier molecular flexibility index (Phi) is 6.16. The van der Waals surface area contributed by atoms with Gasteiger partial charge in [-0.15, -0.1) is 0 Å². The van der Waals surface area contributed by atoms with Gasteiger partial charge in [0.05, 0.1) is 0 Å². The average Bonchev–Trinajstić information content (AvgIpc) is 2.32. The summed E-state index contributed by atoms with van der Waals surface area (Å²) in [6, 6.07) is 5.67. The SMILES string of the molecule is Cc1ccc(C(=O)N(CCCBr)C(C)C)cc1Cl. The minimum absolute atomic E-state index is 0.0489. The van der Waals surface area contributed by atoms with Crippen molar-refractivity contribution >= 4 is 33.4 Å². The molecule has 100 valence electrons. The highest BCUT2D eigenvalue weighted by Gasteiger charge is 2.18. The highest BCUT2D eigenvalue weighted by Crippen LogP contribution is 2.18. The molecule has 2 nitrogen and oxygen atoms in total. The summed E-state index contributed by atoms with van der Waals surface area (Å²) >= 11 is 9.46. The normalized spacial score (nSPS) is 10.8. The van der Waals surface area contributed by atoms with Crippen molar-refractivity contribution in [2.45, 2.75) is 33.2 Å². The van der Waals surface area contributed by atoms with Gasteiger partial charge in [-0.25, -0.2) is 0 Å². The number of rotatable bonds is 5. The monoisotopic (exact) mass is 331 g/mol. The van der Waals surface area contributed by atoms with Crippen molar-refractivity contribution in [2.24, 2.45) is 0 Å². The Hall–Kier alpha value is -0.540. The number of hydrogen-bond acceptors (Lipinski definition) is 1. The fraction of sp³-hybridized carbons (Fsp3) is 0.500. The predicted molar refractivity (Wildman–Crippen MR) is 80.8 cm³/mol. The average molecular weight is 333 g/mol. The van der Waals surface area contributed by atoms with Crippen molar-refractivity contribution in [3.63, 3.8) is 0 Å². The van der Waals surface area contributed by atoms with Gasteiger partial charge in [-0.05, 0) is 44.9 Å². The van der Waals surface area contributed by atoms with Gasteiger partial charge in [0.15, 0.2) is 0 Å². The van der Waals surface area contributed by atoms with Gasteiger partial charge in [0.2, 0.25) is 0 Å². The van der Waals surface area contributed by atoms with Crippen LogP contribution in [0.2, 0.25) is 5.02 Å². The van der Waals surface area contributed by atoms with Gasteiger partial charge in [0.1, 0.15) is 0 Å². The molecule has 0 fully saturated rings. The van der Waals surface area contributed by atoms with Crippen LogP contribution in [0.5, 0.6) is 0 Å². The quantitative estimate of drug-likeness (QED) is 0.737. The van der Waals surface area contributed by atoms with Crippen molar-refractivity contribution in [3.05, 3.63) is 34.3 Å². The molecule has 0 heterocycles. The molecule has 1 aromatic rings. The number of carbonyl (C=O) groups is 1. The molecule has 0 unspecified atom stereocenters. The molecule has 4 heteroatoms. The summed E-state index contributed by atoms with van der Waals surface area (Å²) in [6.07, 6.45) is 0.948. The number of aryl methyl sites for hydroxylation is 1. The number of halogens is 2. The van der Waals surface area contributed by atoms with Gasteiger partial charge < -0.3 is 4.90 Å². The Balaban J connectivity index is 2.91. The van der Waals surface area contributed by atoms with Gasteiger partial charge in [0.25, 0.3) is 5.91 Å². The molecular formula is C14H19BrClNO. The summed E-state index contributed by atoms with van der Waals surface area (Å²) in [4.78, 5) is 14.3. The van der Waals surface area contributed by atoms with E-state index in [4.69, 9.17) is 11.6 Å². The molecule has 18 heavy (non-hydrogen) atoms. The van der Waals surface area contributed by atoms with Gasteiger partial charge in [-0.1, -0.05) is 33.6 Å². The molecule has 0 spiro atoms. The Morgan fingerprint density at radius 2 is 2.11 bits per heavy atom. The molecule has 1 rings (SSSR count). The van der Waals surface area contributed by atoms with Crippen molar-refractivity contribution in [2.75, 3.05) is 11.9 Å². The zero-order valence-electron chi connectivity index (χ0n) is 11.0. The fourth-order valence-corrected chi connectivity index (χ4v) is 2.15. The topological polar surface area (TPSA) is 20.3 Å². The van der Waals surface area contributed by atoms with Crippen molar-refractivity contribution < 1.29 is 4.79 Å². The standard InChI is InChI=1S/C14H19BrClNO/c1-10(2)17(8-4-7-15)14(18)12-6-5-11(3)13(16)9-12/h5-6,9-10H,4,7-8H2,1-3H3. The molecule has 0 radical (unpaired) electrons. The number of benzene rings is 1. The van der Waals surface area contributed by atoms with Crippen LogP contribution in [0.1, 0.15) is 36.2 Å². The third-order valence-electron chi connectivity index (χ3n) is 2.84. The molecule has 1 amide bonds. The highest BCUT2D eigenvalue weighted by atomic mass is 79.9. The number of alkyl halides is 1. The first-order valence-electron chi connectivity index (χ1n) is 6.10. The van der Waals surface area contributed by atoms with E-state index in [1.165, 1.54) is 0 Å². The minimum atomic E-state index is 0.0489. The van der Waals surface area contributed by atoms with Crippen LogP contribution >= 0.6 is 27.5 Å². The number of carbonyl (C=O) groups excluding carboxylic acids is 1. The lowest BCUT2D eigenvalue weighted by atomic mass is 10.1. The van der Waals surface area contributed by atoms with Crippen LogP contribution in [0.15, 0.2) is 18.2 Å². The van der Waals surface area contributed by atoms with Gasteiger partial charge in [-0.3, -0.25) is 4.79 Å². The molecule has 0 atom stereocenters. The Morgan fingerprint density at radius 1 is 1.44 bits per heavy atom. The summed E-state index contributed by atoms with van der Waals surface area (Å²) < 4.78 is 0.